The minimum absolute atomic E-state index is 0.166. The van der Waals surface area contributed by atoms with E-state index in [1.54, 1.807) is 37.3 Å². The molecule has 0 spiro atoms. The van der Waals surface area contributed by atoms with Crippen molar-refractivity contribution in [2.24, 2.45) is 0 Å². The largest absolute Gasteiger partial charge is 0.494 e. The van der Waals surface area contributed by atoms with Crippen LogP contribution in [0.1, 0.15) is 32.3 Å². The predicted octanol–water partition coefficient (Wildman–Crippen LogP) is 3.45. The zero-order valence-corrected chi connectivity index (χ0v) is 13.5. The normalized spacial score (nSPS) is 11.0. The molecule has 0 fully saturated rings. The third-order valence-electron chi connectivity index (χ3n) is 2.98. The average Bonchev–Trinajstić information content (AvgIpc) is 2.51. The van der Waals surface area contributed by atoms with Crippen molar-refractivity contribution in [1.29, 1.82) is 0 Å². The zero-order chi connectivity index (χ0) is 17.2. The molecule has 0 atom stereocenters. The first-order valence-corrected chi connectivity index (χ1v) is 7.43. The number of hydrogen-bond acceptors (Lipinski definition) is 4. The van der Waals surface area contributed by atoms with E-state index in [1.165, 1.54) is 0 Å². The van der Waals surface area contributed by atoms with E-state index in [2.05, 4.69) is 6.58 Å². The van der Waals surface area contributed by atoms with E-state index in [1.807, 2.05) is 6.92 Å². The van der Waals surface area contributed by atoms with Crippen molar-refractivity contribution in [2.75, 3.05) is 13.2 Å². The lowest BCUT2D eigenvalue weighted by Gasteiger charge is -2.06. The second-order valence-electron chi connectivity index (χ2n) is 5.00. The molecule has 0 unspecified atom stereocenters. The van der Waals surface area contributed by atoms with Crippen LogP contribution in [0.25, 0.3) is 6.08 Å². The van der Waals surface area contributed by atoms with E-state index >= 15 is 0 Å². The molecule has 1 aromatic carbocycles. The Kier molecular flexibility index (Phi) is 7.60. The summed E-state index contributed by atoms with van der Waals surface area (Å²) in [7, 11) is 0. The minimum Gasteiger partial charge on any atom is -0.494 e. The molecule has 124 valence electrons. The maximum atomic E-state index is 11.3. The summed E-state index contributed by atoms with van der Waals surface area (Å²) in [5.41, 5.74) is 1.37. The summed E-state index contributed by atoms with van der Waals surface area (Å²) in [5.74, 6) is -0.698. The number of rotatable bonds is 9. The summed E-state index contributed by atoms with van der Waals surface area (Å²) in [5, 5.41) is 9.26. The van der Waals surface area contributed by atoms with Gasteiger partial charge in [-0.3, -0.25) is 0 Å². The van der Waals surface area contributed by atoms with Gasteiger partial charge >= 0.3 is 11.9 Å². The fraction of sp³-hybridized carbons (Fsp3) is 0.333. The summed E-state index contributed by atoms with van der Waals surface area (Å²) in [4.78, 5) is 22.5. The highest BCUT2D eigenvalue weighted by Crippen LogP contribution is 2.16. The molecule has 0 saturated heterocycles. The van der Waals surface area contributed by atoms with Gasteiger partial charge in [0.05, 0.1) is 13.2 Å². The third-order valence-corrected chi connectivity index (χ3v) is 2.98. The lowest BCUT2D eigenvalue weighted by atomic mass is 10.1. The van der Waals surface area contributed by atoms with E-state index in [0.29, 0.717) is 25.0 Å². The number of benzene rings is 1. The fourth-order valence-electron chi connectivity index (χ4n) is 1.82. The molecule has 23 heavy (non-hydrogen) atoms. The molecule has 5 nitrogen and oxygen atoms in total. The smallest absolute Gasteiger partial charge is 0.333 e. The molecule has 0 saturated carbocycles. The Morgan fingerprint density at radius 2 is 1.91 bits per heavy atom. The number of esters is 1. The van der Waals surface area contributed by atoms with Crippen LogP contribution in [-0.4, -0.2) is 30.3 Å². The van der Waals surface area contributed by atoms with Gasteiger partial charge in [0.25, 0.3) is 0 Å². The molecule has 0 amide bonds. The number of carboxylic acids is 1. The van der Waals surface area contributed by atoms with Crippen molar-refractivity contribution in [2.45, 2.75) is 26.7 Å². The number of hydrogen-bond donors (Lipinski definition) is 1. The second kappa shape index (κ2) is 9.46. The molecule has 0 aliphatic carbocycles. The Hall–Kier alpha value is -2.56. The highest BCUT2D eigenvalue weighted by molar-refractivity contribution is 5.92. The van der Waals surface area contributed by atoms with Crippen LogP contribution in [-0.2, 0) is 14.3 Å². The van der Waals surface area contributed by atoms with Crippen LogP contribution in [0.4, 0.5) is 0 Å². The minimum atomic E-state index is -0.981. The number of aliphatic carboxylic acids is 1. The Labute approximate surface area is 136 Å². The van der Waals surface area contributed by atoms with E-state index < -0.39 is 11.9 Å². The van der Waals surface area contributed by atoms with Crippen molar-refractivity contribution in [3.63, 3.8) is 0 Å². The summed E-state index contributed by atoms with van der Waals surface area (Å²) in [6.07, 6.45) is 2.36. The van der Waals surface area contributed by atoms with Crippen molar-refractivity contribution in [1.82, 2.24) is 0 Å². The summed E-state index contributed by atoms with van der Waals surface area (Å²) < 4.78 is 10.3. The topological polar surface area (TPSA) is 72.8 Å². The van der Waals surface area contributed by atoms with Crippen molar-refractivity contribution >= 4 is 18.0 Å². The van der Waals surface area contributed by atoms with Gasteiger partial charge in [-0.2, -0.15) is 0 Å². The number of ether oxygens (including phenoxy) is 2. The Bertz CT molecular complexity index is 584. The molecule has 1 N–H and O–H groups in total. The van der Waals surface area contributed by atoms with E-state index in [-0.39, 0.29) is 12.2 Å². The van der Waals surface area contributed by atoms with E-state index in [9.17, 15) is 14.7 Å². The van der Waals surface area contributed by atoms with Crippen molar-refractivity contribution in [3.8, 4) is 5.75 Å². The maximum absolute atomic E-state index is 11.3. The summed E-state index contributed by atoms with van der Waals surface area (Å²) in [6, 6.07) is 7.19. The summed E-state index contributed by atoms with van der Waals surface area (Å²) in [6.45, 7) is 7.70. The molecule has 0 aliphatic heterocycles. The monoisotopic (exact) mass is 318 g/mol. The summed E-state index contributed by atoms with van der Waals surface area (Å²) >= 11 is 0. The van der Waals surface area contributed by atoms with Crippen LogP contribution >= 0.6 is 0 Å². The second-order valence-corrected chi connectivity index (χ2v) is 5.00. The molecular formula is C18H22O5. The Morgan fingerprint density at radius 3 is 2.43 bits per heavy atom. The molecule has 0 aliphatic rings. The number of carboxylic acid groups (broad SMARTS) is 1. The Balaban J connectivity index is 2.61. The Morgan fingerprint density at radius 1 is 1.26 bits per heavy atom. The first-order valence-electron chi connectivity index (χ1n) is 7.43. The van der Waals surface area contributed by atoms with Crippen LogP contribution in [0.2, 0.25) is 0 Å². The van der Waals surface area contributed by atoms with Gasteiger partial charge in [0.2, 0.25) is 0 Å². The third kappa shape index (κ3) is 6.82. The van der Waals surface area contributed by atoms with Crippen LogP contribution in [0.15, 0.2) is 42.0 Å². The zero-order valence-electron chi connectivity index (χ0n) is 13.5. The van der Waals surface area contributed by atoms with Crippen LogP contribution in [0, 0.1) is 0 Å². The van der Waals surface area contributed by atoms with Gasteiger partial charge in [-0.25, -0.2) is 9.59 Å². The molecule has 0 aromatic heterocycles. The molecule has 5 heteroatoms. The van der Waals surface area contributed by atoms with Crippen LogP contribution in [0.3, 0.4) is 0 Å². The predicted molar refractivity (Wildman–Crippen MR) is 88.2 cm³/mol. The van der Waals surface area contributed by atoms with Gasteiger partial charge in [0.1, 0.15) is 5.75 Å². The molecular weight excluding hydrogens is 296 g/mol. The highest BCUT2D eigenvalue weighted by atomic mass is 16.5. The molecule has 1 rings (SSSR count). The molecule has 0 radical (unpaired) electrons. The molecule has 0 heterocycles. The quantitative estimate of drug-likeness (QED) is 0.429. The van der Waals surface area contributed by atoms with Crippen LogP contribution in [0.5, 0.6) is 5.75 Å². The fourth-order valence-corrected chi connectivity index (χ4v) is 1.82. The van der Waals surface area contributed by atoms with Gasteiger partial charge < -0.3 is 14.6 Å². The molecule has 1 aromatic rings. The SMILES string of the molecule is C=C(C)C(=O)OCCCC(=Cc1ccc(OCC)cc1)C(=O)O. The van der Waals surface area contributed by atoms with Gasteiger partial charge in [-0.1, -0.05) is 18.7 Å². The number of carbonyl (C=O) groups is 2. The first-order chi connectivity index (χ1) is 10.9. The van der Waals surface area contributed by atoms with Gasteiger partial charge in [0.15, 0.2) is 0 Å². The number of carbonyl (C=O) groups excluding carboxylic acids is 1. The average molecular weight is 318 g/mol. The maximum Gasteiger partial charge on any atom is 0.333 e. The van der Waals surface area contributed by atoms with Crippen molar-refractivity contribution < 1.29 is 24.2 Å². The van der Waals surface area contributed by atoms with Crippen molar-refractivity contribution in [3.05, 3.63) is 47.6 Å². The van der Waals surface area contributed by atoms with E-state index in [4.69, 9.17) is 9.47 Å². The van der Waals surface area contributed by atoms with Gasteiger partial charge in [-0.05, 0) is 50.5 Å². The lowest BCUT2D eigenvalue weighted by Crippen LogP contribution is -2.08. The lowest BCUT2D eigenvalue weighted by molar-refractivity contribution is -0.139. The van der Waals surface area contributed by atoms with Gasteiger partial charge in [-0.15, -0.1) is 0 Å². The standard InChI is InChI=1S/C18H22O5/c1-4-22-16-9-7-14(8-10-16)12-15(17(19)20)6-5-11-23-18(21)13(2)3/h7-10,12H,2,4-6,11H2,1,3H3,(H,19,20). The first kappa shape index (κ1) is 18.5. The van der Waals surface area contributed by atoms with Crippen LogP contribution < -0.4 is 4.74 Å². The highest BCUT2D eigenvalue weighted by Gasteiger charge is 2.09. The van der Waals surface area contributed by atoms with Gasteiger partial charge in [0, 0.05) is 11.1 Å². The van der Waals surface area contributed by atoms with E-state index in [0.717, 1.165) is 11.3 Å². The molecule has 0 bridgehead atoms.